The molecule has 0 amide bonds. The average Bonchev–Trinajstić information content (AvgIpc) is 2.39. The molecule has 1 aromatic carbocycles. The Balaban J connectivity index is 2.16. The molecule has 0 fully saturated rings. The van der Waals surface area contributed by atoms with E-state index in [1.165, 1.54) is 18.4 Å². The van der Waals surface area contributed by atoms with Crippen molar-refractivity contribution >= 4 is 0 Å². The highest BCUT2D eigenvalue weighted by molar-refractivity contribution is 5.30. The predicted molar refractivity (Wildman–Crippen MR) is 78.2 cm³/mol. The first-order valence-corrected chi connectivity index (χ1v) is 7.10. The Bertz CT molecular complexity index is 356. The number of aryl methyl sites for hydroxylation is 3. The van der Waals surface area contributed by atoms with Crippen molar-refractivity contribution in [2.24, 2.45) is 0 Å². The zero-order valence-electron chi connectivity index (χ0n) is 12.4. The van der Waals surface area contributed by atoms with Gasteiger partial charge < -0.3 is 10.1 Å². The Morgan fingerprint density at radius 3 is 2.37 bits per heavy atom. The molecule has 1 aromatic rings. The molecule has 0 unspecified atom stereocenters. The van der Waals surface area contributed by atoms with Crippen molar-refractivity contribution in [2.75, 3.05) is 26.8 Å². The molecule has 0 aliphatic carbocycles. The zero-order chi connectivity index (χ0) is 14.1. The van der Waals surface area contributed by atoms with Gasteiger partial charge in [0.2, 0.25) is 0 Å². The fourth-order valence-electron chi connectivity index (χ4n) is 2.24. The van der Waals surface area contributed by atoms with Crippen LogP contribution >= 0.6 is 0 Å². The van der Waals surface area contributed by atoms with Crippen LogP contribution in [-0.2, 0) is 11.2 Å². The van der Waals surface area contributed by atoms with E-state index in [2.05, 4.69) is 5.32 Å². The number of hydrogen-bond acceptors (Lipinski definition) is 2. The number of rotatable bonds is 9. The van der Waals surface area contributed by atoms with Crippen LogP contribution in [0.3, 0.4) is 0 Å². The molecule has 1 rings (SSSR count). The minimum Gasteiger partial charge on any atom is -0.383 e. The molecule has 0 heterocycles. The van der Waals surface area contributed by atoms with Gasteiger partial charge in [-0.15, -0.1) is 0 Å². The van der Waals surface area contributed by atoms with Crippen LogP contribution in [0.4, 0.5) is 4.39 Å². The van der Waals surface area contributed by atoms with E-state index in [4.69, 9.17) is 4.74 Å². The first-order valence-electron chi connectivity index (χ1n) is 7.10. The zero-order valence-corrected chi connectivity index (χ0v) is 12.4. The van der Waals surface area contributed by atoms with Crippen LogP contribution < -0.4 is 5.32 Å². The summed E-state index contributed by atoms with van der Waals surface area (Å²) in [7, 11) is 1.72. The standard InChI is InChI=1S/C16H26FNO/c1-13-11-15(12-14(2)16(13)17)7-5-4-6-8-18-9-10-19-3/h11-12,18H,4-10H2,1-3H3. The summed E-state index contributed by atoms with van der Waals surface area (Å²) in [5.74, 6) is -0.0638. The molecule has 0 atom stereocenters. The van der Waals surface area contributed by atoms with Gasteiger partial charge in [-0.25, -0.2) is 4.39 Å². The molecular weight excluding hydrogens is 241 g/mol. The van der Waals surface area contributed by atoms with Gasteiger partial charge in [-0.2, -0.15) is 0 Å². The second-order valence-corrected chi connectivity index (χ2v) is 5.10. The van der Waals surface area contributed by atoms with E-state index in [0.29, 0.717) is 0 Å². The molecular formula is C16H26FNO. The minimum absolute atomic E-state index is 0.0638. The van der Waals surface area contributed by atoms with E-state index in [9.17, 15) is 4.39 Å². The number of ether oxygens (including phenoxy) is 1. The van der Waals surface area contributed by atoms with Crippen molar-refractivity contribution in [2.45, 2.75) is 39.5 Å². The summed E-state index contributed by atoms with van der Waals surface area (Å²) < 4.78 is 18.4. The summed E-state index contributed by atoms with van der Waals surface area (Å²) in [6.45, 7) is 6.42. The molecule has 0 saturated carbocycles. The lowest BCUT2D eigenvalue weighted by Gasteiger charge is -2.07. The number of hydrogen-bond donors (Lipinski definition) is 1. The summed E-state index contributed by atoms with van der Waals surface area (Å²) in [5, 5.41) is 3.34. The highest BCUT2D eigenvalue weighted by Gasteiger charge is 2.03. The topological polar surface area (TPSA) is 21.3 Å². The second-order valence-electron chi connectivity index (χ2n) is 5.10. The third-order valence-corrected chi connectivity index (χ3v) is 3.30. The quantitative estimate of drug-likeness (QED) is 0.692. The number of halogens is 1. The third-order valence-electron chi connectivity index (χ3n) is 3.30. The summed E-state index contributed by atoms with van der Waals surface area (Å²) in [5.41, 5.74) is 2.77. The normalized spacial score (nSPS) is 10.9. The van der Waals surface area contributed by atoms with Crippen LogP contribution in [0.15, 0.2) is 12.1 Å². The van der Waals surface area contributed by atoms with E-state index in [1.807, 2.05) is 26.0 Å². The Labute approximate surface area is 116 Å². The molecule has 1 N–H and O–H groups in total. The minimum atomic E-state index is -0.0638. The lowest BCUT2D eigenvalue weighted by atomic mass is 10.0. The Hall–Kier alpha value is -0.930. The van der Waals surface area contributed by atoms with Gasteiger partial charge in [-0.1, -0.05) is 18.6 Å². The van der Waals surface area contributed by atoms with Crippen molar-refractivity contribution in [1.29, 1.82) is 0 Å². The molecule has 0 spiro atoms. The Morgan fingerprint density at radius 1 is 1.05 bits per heavy atom. The maximum atomic E-state index is 13.5. The molecule has 0 bridgehead atoms. The smallest absolute Gasteiger partial charge is 0.129 e. The lowest BCUT2D eigenvalue weighted by Crippen LogP contribution is -2.20. The van der Waals surface area contributed by atoms with Crippen molar-refractivity contribution in [3.8, 4) is 0 Å². The van der Waals surface area contributed by atoms with Crippen LogP contribution in [0.2, 0.25) is 0 Å². The second kappa shape index (κ2) is 9.05. The Morgan fingerprint density at radius 2 is 1.74 bits per heavy atom. The molecule has 2 nitrogen and oxygen atoms in total. The third kappa shape index (κ3) is 6.17. The van der Waals surface area contributed by atoms with Crippen LogP contribution in [0, 0.1) is 19.7 Å². The lowest BCUT2D eigenvalue weighted by molar-refractivity contribution is 0.199. The molecule has 0 aliphatic heterocycles. The van der Waals surface area contributed by atoms with E-state index in [-0.39, 0.29) is 5.82 Å². The molecule has 0 aromatic heterocycles. The van der Waals surface area contributed by atoms with Gasteiger partial charge in [0.25, 0.3) is 0 Å². The van der Waals surface area contributed by atoms with Crippen LogP contribution in [-0.4, -0.2) is 26.8 Å². The summed E-state index contributed by atoms with van der Waals surface area (Å²) in [4.78, 5) is 0. The van der Waals surface area contributed by atoms with Gasteiger partial charge >= 0.3 is 0 Å². The van der Waals surface area contributed by atoms with Crippen molar-refractivity contribution in [3.63, 3.8) is 0 Å². The van der Waals surface area contributed by atoms with Crippen molar-refractivity contribution in [3.05, 3.63) is 34.6 Å². The summed E-state index contributed by atoms with van der Waals surface area (Å²) >= 11 is 0. The molecule has 108 valence electrons. The van der Waals surface area contributed by atoms with Gasteiger partial charge in [0, 0.05) is 13.7 Å². The fourth-order valence-corrected chi connectivity index (χ4v) is 2.24. The van der Waals surface area contributed by atoms with Crippen LogP contribution in [0.25, 0.3) is 0 Å². The number of methoxy groups -OCH3 is 1. The van der Waals surface area contributed by atoms with Crippen LogP contribution in [0.5, 0.6) is 0 Å². The predicted octanol–water partition coefficient (Wildman–Crippen LogP) is 3.39. The van der Waals surface area contributed by atoms with Gasteiger partial charge in [-0.3, -0.25) is 0 Å². The fraction of sp³-hybridized carbons (Fsp3) is 0.625. The summed E-state index contributed by atoms with van der Waals surface area (Å²) in [6.07, 6.45) is 4.59. The summed E-state index contributed by atoms with van der Waals surface area (Å²) in [6, 6.07) is 3.94. The number of benzene rings is 1. The molecule has 0 radical (unpaired) electrons. The highest BCUT2D eigenvalue weighted by atomic mass is 19.1. The van der Waals surface area contributed by atoms with E-state index >= 15 is 0 Å². The van der Waals surface area contributed by atoms with Crippen molar-refractivity contribution < 1.29 is 9.13 Å². The van der Waals surface area contributed by atoms with E-state index in [0.717, 1.165) is 43.7 Å². The SMILES string of the molecule is COCCNCCCCCc1cc(C)c(F)c(C)c1. The van der Waals surface area contributed by atoms with Crippen LogP contribution in [0.1, 0.15) is 36.0 Å². The van der Waals surface area contributed by atoms with Gasteiger partial charge in [0.15, 0.2) is 0 Å². The Kier molecular flexibility index (Phi) is 7.68. The first-order chi connectivity index (χ1) is 9.15. The van der Waals surface area contributed by atoms with Gasteiger partial charge in [0.1, 0.15) is 5.82 Å². The maximum Gasteiger partial charge on any atom is 0.129 e. The monoisotopic (exact) mass is 267 g/mol. The van der Waals surface area contributed by atoms with Gasteiger partial charge in [0.05, 0.1) is 6.61 Å². The van der Waals surface area contributed by atoms with Gasteiger partial charge in [-0.05, 0) is 56.3 Å². The first kappa shape index (κ1) is 16.1. The van der Waals surface area contributed by atoms with Crippen molar-refractivity contribution in [1.82, 2.24) is 5.32 Å². The number of unbranched alkanes of at least 4 members (excludes halogenated alkanes) is 2. The average molecular weight is 267 g/mol. The maximum absolute atomic E-state index is 13.5. The molecule has 3 heteroatoms. The number of nitrogens with one attached hydrogen (secondary N) is 1. The van der Waals surface area contributed by atoms with E-state index < -0.39 is 0 Å². The molecule has 19 heavy (non-hydrogen) atoms. The largest absolute Gasteiger partial charge is 0.383 e. The molecule has 0 aliphatic rings. The van der Waals surface area contributed by atoms with E-state index in [1.54, 1.807) is 7.11 Å². The molecule has 0 saturated heterocycles. The highest BCUT2D eigenvalue weighted by Crippen LogP contribution is 2.16.